The van der Waals surface area contributed by atoms with Crippen molar-refractivity contribution in [3.05, 3.63) is 35.4 Å². The van der Waals surface area contributed by atoms with Crippen LogP contribution >= 0.6 is 0 Å². The van der Waals surface area contributed by atoms with Crippen LogP contribution in [-0.4, -0.2) is 75.3 Å². The maximum atomic E-state index is 5.38. The molecule has 0 saturated carbocycles. The van der Waals surface area contributed by atoms with E-state index in [0.29, 0.717) is 0 Å². The highest BCUT2D eigenvalue weighted by Gasteiger charge is 2.16. The second kappa shape index (κ2) is 13.5. The molecule has 0 radical (unpaired) electrons. The van der Waals surface area contributed by atoms with Crippen molar-refractivity contribution in [3.8, 4) is 0 Å². The van der Waals surface area contributed by atoms with Crippen molar-refractivity contribution in [2.75, 3.05) is 59.5 Å². The van der Waals surface area contributed by atoms with Crippen LogP contribution < -0.4 is 10.6 Å². The molecule has 0 aromatic heterocycles. The number of hydrogen-bond donors (Lipinski definition) is 2. The number of hydrogen-bond acceptors (Lipinski definition) is 4. The Bertz CT molecular complexity index is 570. The summed E-state index contributed by atoms with van der Waals surface area (Å²) in [5, 5.41) is 6.86. The van der Waals surface area contributed by atoms with Crippen LogP contribution in [-0.2, 0) is 17.8 Å². The molecule has 6 heteroatoms. The fourth-order valence-corrected chi connectivity index (χ4v) is 3.47. The van der Waals surface area contributed by atoms with E-state index in [4.69, 9.17) is 4.74 Å². The standard InChI is InChI=1S/C22H39N5O/c1-4-26-13-15-27(16-14-26)19-21-11-7-6-10-20(21)18-25-22(23-3)24-12-8-9-17-28-5-2/h6-7,10-11H,4-5,8-9,12-19H2,1-3H3,(H2,23,24,25). The number of likely N-dealkylation sites (N-methyl/N-ethyl adjacent to an activating group) is 1. The quantitative estimate of drug-likeness (QED) is 0.346. The van der Waals surface area contributed by atoms with E-state index in [0.717, 1.165) is 71.3 Å². The van der Waals surface area contributed by atoms with Gasteiger partial charge in [0.05, 0.1) is 0 Å². The van der Waals surface area contributed by atoms with Gasteiger partial charge in [0, 0.05) is 66.1 Å². The van der Waals surface area contributed by atoms with Crippen molar-refractivity contribution in [1.82, 2.24) is 20.4 Å². The highest BCUT2D eigenvalue weighted by atomic mass is 16.5. The summed E-state index contributed by atoms with van der Waals surface area (Å²) in [5.41, 5.74) is 2.76. The van der Waals surface area contributed by atoms with Gasteiger partial charge in [0.15, 0.2) is 5.96 Å². The summed E-state index contributed by atoms with van der Waals surface area (Å²) in [6.45, 7) is 14.5. The highest BCUT2D eigenvalue weighted by Crippen LogP contribution is 2.13. The predicted octanol–water partition coefficient (Wildman–Crippen LogP) is 2.31. The zero-order chi connectivity index (χ0) is 20.0. The Hall–Kier alpha value is -1.63. The molecule has 2 rings (SSSR count). The minimum Gasteiger partial charge on any atom is -0.382 e. The van der Waals surface area contributed by atoms with Crippen molar-refractivity contribution < 1.29 is 4.74 Å². The average molecular weight is 390 g/mol. The van der Waals surface area contributed by atoms with Crippen LogP contribution in [0.25, 0.3) is 0 Å². The van der Waals surface area contributed by atoms with Crippen molar-refractivity contribution in [1.29, 1.82) is 0 Å². The lowest BCUT2D eigenvalue weighted by molar-refractivity contribution is 0.131. The normalized spacial score (nSPS) is 16.3. The summed E-state index contributed by atoms with van der Waals surface area (Å²) in [5.74, 6) is 0.864. The lowest BCUT2D eigenvalue weighted by Crippen LogP contribution is -2.45. The van der Waals surface area contributed by atoms with Gasteiger partial charge >= 0.3 is 0 Å². The first-order valence-corrected chi connectivity index (χ1v) is 10.8. The van der Waals surface area contributed by atoms with Gasteiger partial charge in [-0.1, -0.05) is 31.2 Å². The van der Waals surface area contributed by atoms with Gasteiger partial charge in [-0.2, -0.15) is 0 Å². The lowest BCUT2D eigenvalue weighted by atomic mass is 10.1. The van der Waals surface area contributed by atoms with Gasteiger partial charge in [0.1, 0.15) is 0 Å². The molecule has 0 amide bonds. The molecule has 1 aromatic carbocycles. The van der Waals surface area contributed by atoms with Crippen LogP contribution in [0.4, 0.5) is 0 Å². The Morgan fingerprint density at radius 2 is 1.71 bits per heavy atom. The van der Waals surface area contributed by atoms with Gasteiger partial charge in [0.2, 0.25) is 0 Å². The molecule has 158 valence electrons. The maximum Gasteiger partial charge on any atom is 0.191 e. The number of rotatable bonds is 11. The summed E-state index contributed by atoms with van der Waals surface area (Å²) >= 11 is 0. The zero-order valence-corrected chi connectivity index (χ0v) is 18.0. The first kappa shape index (κ1) is 22.7. The Morgan fingerprint density at radius 3 is 2.39 bits per heavy atom. The summed E-state index contributed by atoms with van der Waals surface area (Å²) in [7, 11) is 1.83. The Balaban J connectivity index is 1.77. The number of nitrogens with zero attached hydrogens (tertiary/aromatic N) is 3. The molecule has 1 saturated heterocycles. The second-order valence-electron chi connectivity index (χ2n) is 7.24. The molecule has 1 heterocycles. The fourth-order valence-electron chi connectivity index (χ4n) is 3.47. The Labute approximate surface area is 171 Å². The number of guanidine groups is 1. The SMILES string of the molecule is CCOCCCCNC(=NC)NCc1ccccc1CN1CCN(CC)CC1. The van der Waals surface area contributed by atoms with Gasteiger partial charge in [-0.25, -0.2) is 0 Å². The molecule has 0 unspecified atom stereocenters. The molecule has 1 aliphatic heterocycles. The Morgan fingerprint density at radius 1 is 1.00 bits per heavy atom. The third-order valence-corrected chi connectivity index (χ3v) is 5.31. The molecule has 1 aliphatic rings. The molecule has 0 spiro atoms. The highest BCUT2D eigenvalue weighted by molar-refractivity contribution is 5.79. The molecule has 6 nitrogen and oxygen atoms in total. The van der Waals surface area contributed by atoms with Crippen LogP contribution in [0.3, 0.4) is 0 Å². The van der Waals surface area contributed by atoms with Gasteiger partial charge < -0.3 is 20.3 Å². The number of ether oxygens (including phenoxy) is 1. The topological polar surface area (TPSA) is 52.1 Å². The molecule has 0 bridgehead atoms. The van der Waals surface area contributed by atoms with Crippen LogP contribution in [0.5, 0.6) is 0 Å². The summed E-state index contributed by atoms with van der Waals surface area (Å²) in [6.07, 6.45) is 2.16. The van der Waals surface area contributed by atoms with E-state index >= 15 is 0 Å². The molecular formula is C22H39N5O. The van der Waals surface area contributed by atoms with E-state index in [-0.39, 0.29) is 0 Å². The number of aliphatic imine (C=N–C) groups is 1. The Kier molecular flexibility index (Phi) is 10.9. The third-order valence-electron chi connectivity index (χ3n) is 5.31. The van der Waals surface area contributed by atoms with Gasteiger partial charge in [-0.3, -0.25) is 9.89 Å². The smallest absolute Gasteiger partial charge is 0.191 e. The second-order valence-corrected chi connectivity index (χ2v) is 7.24. The number of benzene rings is 1. The van der Waals surface area contributed by atoms with E-state index in [9.17, 15) is 0 Å². The fraction of sp³-hybridized carbons (Fsp3) is 0.682. The van der Waals surface area contributed by atoms with E-state index in [2.05, 4.69) is 56.6 Å². The summed E-state index contributed by atoms with van der Waals surface area (Å²) < 4.78 is 5.38. The van der Waals surface area contributed by atoms with Crippen molar-refractivity contribution in [2.24, 2.45) is 4.99 Å². The van der Waals surface area contributed by atoms with Crippen molar-refractivity contribution in [3.63, 3.8) is 0 Å². The van der Waals surface area contributed by atoms with Crippen LogP contribution in [0, 0.1) is 0 Å². The van der Waals surface area contributed by atoms with Crippen molar-refractivity contribution in [2.45, 2.75) is 39.8 Å². The summed E-state index contributed by atoms with van der Waals surface area (Å²) in [4.78, 5) is 9.44. The molecule has 0 aliphatic carbocycles. The van der Waals surface area contributed by atoms with Crippen LogP contribution in [0.1, 0.15) is 37.8 Å². The number of piperazine rings is 1. The van der Waals surface area contributed by atoms with Gasteiger partial charge in [-0.05, 0) is 37.4 Å². The van der Waals surface area contributed by atoms with Gasteiger partial charge in [-0.15, -0.1) is 0 Å². The lowest BCUT2D eigenvalue weighted by Gasteiger charge is -2.34. The number of nitrogens with one attached hydrogen (secondary N) is 2. The predicted molar refractivity (Wildman–Crippen MR) is 118 cm³/mol. The van der Waals surface area contributed by atoms with Gasteiger partial charge in [0.25, 0.3) is 0 Å². The van der Waals surface area contributed by atoms with E-state index in [1.54, 1.807) is 0 Å². The molecule has 1 fully saturated rings. The average Bonchev–Trinajstić information content (AvgIpc) is 2.74. The van der Waals surface area contributed by atoms with E-state index in [1.807, 2.05) is 14.0 Å². The molecule has 2 N–H and O–H groups in total. The zero-order valence-electron chi connectivity index (χ0n) is 18.0. The monoisotopic (exact) mass is 389 g/mol. The molecular weight excluding hydrogens is 350 g/mol. The minimum atomic E-state index is 0.795. The van der Waals surface area contributed by atoms with Crippen LogP contribution in [0.15, 0.2) is 29.3 Å². The van der Waals surface area contributed by atoms with Crippen molar-refractivity contribution >= 4 is 5.96 Å². The molecule has 28 heavy (non-hydrogen) atoms. The molecule has 0 atom stereocenters. The maximum absolute atomic E-state index is 5.38. The first-order valence-electron chi connectivity index (χ1n) is 10.8. The third kappa shape index (κ3) is 8.17. The van der Waals surface area contributed by atoms with E-state index in [1.165, 1.54) is 24.2 Å². The van der Waals surface area contributed by atoms with E-state index < -0.39 is 0 Å². The summed E-state index contributed by atoms with van der Waals surface area (Å²) in [6, 6.07) is 8.75. The largest absolute Gasteiger partial charge is 0.382 e. The first-order chi connectivity index (χ1) is 13.8. The number of unbranched alkanes of at least 4 members (excludes halogenated alkanes) is 1. The molecule has 1 aromatic rings. The minimum absolute atomic E-state index is 0.795. The van der Waals surface area contributed by atoms with Crippen LogP contribution in [0.2, 0.25) is 0 Å².